The normalized spacial score (nSPS) is 19.8. The van der Waals surface area contributed by atoms with Crippen LogP contribution in [0.4, 0.5) is 0 Å². The zero-order chi connectivity index (χ0) is 32.6. The van der Waals surface area contributed by atoms with Crippen molar-refractivity contribution in [1.82, 2.24) is 0 Å². The zero-order valence-corrected chi connectivity index (χ0v) is 32.8. The molecule has 0 radical (unpaired) electrons. The van der Waals surface area contributed by atoms with Crippen LogP contribution in [0.1, 0.15) is 40.7 Å². The summed E-state index contributed by atoms with van der Waals surface area (Å²) in [5.41, 5.74) is 17.6. The van der Waals surface area contributed by atoms with Crippen molar-refractivity contribution in [3.05, 3.63) is 191 Å². The fourth-order valence-electron chi connectivity index (χ4n) is 9.59. The molecule has 0 aromatic heterocycles. The summed E-state index contributed by atoms with van der Waals surface area (Å²) in [7, 11) is -2.27. The molecule has 0 nitrogen and oxygen atoms in total. The van der Waals surface area contributed by atoms with Crippen molar-refractivity contribution in [3.63, 3.8) is 0 Å². The first-order valence-electron chi connectivity index (χ1n) is 17.4. The topological polar surface area (TPSA) is 0 Å². The summed E-state index contributed by atoms with van der Waals surface area (Å²) in [6.07, 6.45) is 0. The molecule has 9 rings (SSSR count). The fourth-order valence-corrected chi connectivity index (χ4v) is 31.0. The number of rotatable bonds is 4. The minimum absolute atomic E-state index is 0.495. The van der Waals surface area contributed by atoms with Gasteiger partial charge in [0.1, 0.15) is 0 Å². The summed E-state index contributed by atoms with van der Waals surface area (Å²) in [5.74, 6) is 0. The van der Waals surface area contributed by atoms with Gasteiger partial charge in [-0.2, -0.15) is 0 Å². The fraction of sp³-hybridized carbons (Fsp3) is 0.130. The maximum absolute atomic E-state index is 3.39. The summed E-state index contributed by atoms with van der Waals surface area (Å²) in [6, 6.07) is 59.9. The van der Waals surface area contributed by atoms with Gasteiger partial charge in [-0.1, -0.05) is 0 Å². The van der Waals surface area contributed by atoms with E-state index in [0.717, 1.165) is 0 Å². The Morgan fingerprint density at radius 3 is 1.08 bits per heavy atom. The molecule has 2 heteroatoms. The third-order valence-corrected chi connectivity index (χ3v) is 30.1. The van der Waals surface area contributed by atoms with Gasteiger partial charge in [0, 0.05) is 0 Å². The summed E-state index contributed by atoms with van der Waals surface area (Å²) >= 11 is -3.39. The molecule has 3 aliphatic rings. The molecule has 2 unspecified atom stereocenters. The Morgan fingerprint density at radius 2 is 0.688 bits per heavy atom. The van der Waals surface area contributed by atoms with Crippen LogP contribution in [0.25, 0.3) is 43.8 Å². The van der Waals surface area contributed by atoms with Crippen LogP contribution in [0.3, 0.4) is 0 Å². The van der Waals surface area contributed by atoms with Gasteiger partial charge >= 0.3 is 293 Å². The quantitative estimate of drug-likeness (QED) is 0.156. The van der Waals surface area contributed by atoms with Crippen molar-refractivity contribution >= 4 is 29.6 Å². The summed E-state index contributed by atoms with van der Waals surface area (Å²) in [5, 5.41) is 3.35. The summed E-state index contributed by atoms with van der Waals surface area (Å²) < 4.78 is 6.54. The van der Waals surface area contributed by atoms with Crippen LogP contribution in [0, 0.1) is 0 Å². The molecule has 232 valence electrons. The van der Waals surface area contributed by atoms with Crippen molar-refractivity contribution in [2.75, 3.05) is 0 Å². The van der Waals surface area contributed by atoms with Gasteiger partial charge in [-0.05, 0) is 0 Å². The SMILES string of the molecule is C[Si]1(C)C2=C(c3ccc(-c4ccccc4)cc3)[CH](c3ccccc32)[Hf]([CH3])([CH3])[CH]2C(c3ccc(-c4ccccc4)cc3)=C1c1ccccc12. The standard InChI is InChI=1S/C44H34Si.2CH3.Hf/c1-45(2,43-39-19-11-9-17-37(39)29-41(43)35-25-21-33(22-26-35)31-13-5-3-6-14-31)44-40-20-12-10-18-38(40)30-42(44)36-27-23-34(24-28-36)32-15-7-4-8-16-32;;;/h3-30H,1-2H3;2*1H3;. The molecule has 2 aliphatic carbocycles. The van der Waals surface area contributed by atoms with E-state index in [1.165, 1.54) is 44.5 Å². The van der Waals surface area contributed by atoms with Crippen molar-refractivity contribution in [1.29, 1.82) is 0 Å². The molecule has 1 heterocycles. The van der Waals surface area contributed by atoms with Gasteiger partial charge in [0.25, 0.3) is 0 Å². The molecule has 1 aliphatic heterocycles. The van der Waals surface area contributed by atoms with E-state index in [1.54, 1.807) is 32.7 Å². The Kier molecular flexibility index (Phi) is 7.01. The van der Waals surface area contributed by atoms with E-state index in [4.69, 9.17) is 0 Å². The Morgan fingerprint density at radius 1 is 0.375 bits per heavy atom. The third-order valence-electron chi connectivity index (χ3n) is 11.5. The van der Waals surface area contributed by atoms with Gasteiger partial charge in [-0.25, -0.2) is 0 Å². The zero-order valence-electron chi connectivity index (χ0n) is 28.2. The molecule has 48 heavy (non-hydrogen) atoms. The first-order chi connectivity index (χ1) is 23.4. The van der Waals surface area contributed by atoms with Crippen LogP contribution in [0.5, 0.6) is 0 Å². The molecule has 4 bridgehead atoms. The van der Waals surface area contributed by atoms with Crippen molar-refractivity contribution in [2.24, 2.45) is 0 Å². The van der Waals surface area contributed by atoms with Gasteiger partial charge < -0.3 is 0 Å². The molecule has 0 amide bonds. The predicted octanol–water partition coefficient (Wildman–Crippen LogP) is 12.7. The van der Waals surface area contributed by atoms with Crippen molar-refractivity contribution in [3.8, 4) is 22.3 Å². The number of hydrogen-bond donors (Lipinski definition) is 0. The second-order valence-electron chi connectivity index (χ2n) is 15.0. The molecule has 0 fully saturated rings. The molecular weight excluding hydrogens is 759 g/mol. The van der Waals surface area contributed by atoms with Crippen LogP contribution in [-0.4, -0.2) is 8.07 Å². The van der Waals surface area contributed by atoms with Gasteiger partial charge in [0.05, 0.1) is 0 Å². The number of fused-ring (bicyclic) bond motifs is 8. The van der Waals surface area contributed by atoms with Gasteiger partial charge in [0.2, 0.25) is 0 Å². The van der Waals surface area contributed by atoms with Crippen molar-refractivity contribution in [2.45, 2.75) is 29.8 Å². The van der Waals surface area contributed by atoms with E-state index in [9.17, 15) is 0 Å². The molecule has 0 saturated carbocycles. The van der Waals surface area contributed by atoms with Crippen LogP contribution < -0.4 is 0 Å². The van der Waals surface area contributed by atoms with E-state index in [1.807, 2.05) is 0 Å². The second kappa shape index (κ2) is 11.2. The first kappa shape index (κ1) is 30.0. The molecule has 0 spiro atoms. The average molecular weight is 799 g/mol. The Hall–Kier alpha value is -4.11. The third kappa shape index (κ3) is 4.42. The molecule has 0 saturated heterocycles. The maximum atomic E-state index is 2.78. The number of hydrogen-bond acceptors (Lipinski definition) is 0. The van der Waals surface area contributed by atoms with Gasteiger partial charge in [-0.15, -0.1) is 0 Å². The van der Waals surface area contributed by atoms with Crippen LogP contribution in [-0.2, 0) is 20.0 Å². The Labute approximate surface area is 290 Å². The monoisotopic (exact) mass is 800 g/mol. The van der Waals surface area contributed by atoms with Crippen LogP contribution >= 0.6 is 0 Å². The Bertz CT molecular complexity index is 2100. The van der Waals surface area contributed by atoms with Crippen LogP contribution in [0.2, 0.25) is 22.5 Å². The van der Waals surface area contributed by atoms with Crippen molar-refractivity contribution < 1.29 is 20.0 Å². The first-order valence-corrected chi connectivity index (χ1v) is 31.7. The predicted molar refractivity (Wildman–Crippen MR) is 205 cm³/mol. The van der Waals surface area contributed by atoms with Crippen LogP contribution in [0.15, 0.2) is 158 Å². The van der Waals surface area contributed by atoms with E-state index < -0.39 is 28.0 Å². The summed E-state index contributed by atoms with van der Waals surface area (Å²) in [6.45, 7) is 5.31. The van der Waals surface area contributed by atoms with E-state index >= 15 is 0 Å². The van der Waals surface area contributed by atoms with Gasteiger partial charge in [-0.3, -0.25) is 0 Å². The van der Waals surface area contributed by atoms with E-state index in [2.05, 4.69) is 180 Å². The minimum atomic E-state index is -3.39. The number of allylic oxidation sites excluding steroid dienone is 2. The molecule has 2 atom stereocenters. The summed E-state index contributed by atoms with van der Waals surface area (Å²) in [4.78, 5) is 0. The average Bonchev–Trinajstić information content (AvgIpc) is 3.69. The van der Waals surface area contributed by atoms with E-state index in [0.29, 0.717) is 7.35 Å². The Balaban J connectivity index is 1.31. The number of benzene rings is 6. The van der Waals surface area contributed by atoms with E-state index in [-0.39, 0.29) is 0 Å². The molecule has 6 aromatic carbocycles. The van der Waals surface area contributed by atoms with Gasteiger partial charge in [0.15, 0.2) is 0 Å². The molecule has 0 N–H and O–H groups in total. The molecular formula is C46H40HfSi. The molecule has 6 aromatic rings. The second-order valence-corrected chi connectivity index (χ2v) is 36.4.